The molecule has 0 amide bonds. The first kappa shape index (κ1) is 9.23. The summed E-state index contributed by atoms with van der Waals surface area (Å²) in [5, 5.41) is 0. The molecule has 0 aromatic carbocycles. The second-order valence-electron chi connectivity index (χ2n) is 3.30. The van der Waals surface area contributed by atoms with E-state index in [0.717, 1.165) is 0 Å². The van der Waals surface area contributed by atoms with E-state index in [-0.39, 0.29) is 23.8 Å². The third-order valence-corrected chi connectivity index (χ3v) is 2.46. The van der Waals surface area contributed by atoms with Gasteiger partial charge >= 0.3 is 5.97 Å². The van der Waals surface area contributed by atoms with Crippen LogP contribution in [0.25, 0.3) is 0 Å². The molecule has 3 nitrogen and oxygen atoms in total. The SMILES string of the molecule is CC[C@H]1OC(=O)[C@H](C)C(=O)[C@H]1C. The number of carbonyl (C=O) groups excluding carboxylic acids is 2. The van der Waals surface area contributed by atoms with Crippen molar-refractivity contribution in [1.29, 1.82) is 0 Å². The molecule has 12 heavy (non-hydrogen) atoms. The van der Waals surface area contributed by atoms with Gasteiger partial charge in [0, 0.05) is 0 Å². The highest BCUT2D eigenvalue weighted by Gasteiger charge is 2.38. The van der Waals surface area contributed by atoms with Crippen LogP contribution in [0.4, 0.5) is 0 Å². The summed E-state index contributed by atoms with van der Waals surface area (Å²) in [5.41, 5.74) is 0. The number of carbonyl (C=O) groups is 2. The first-order valence-corrected chi connectivity index (χ1v) is 4.32. The van der Waals surface area contributed by atoms with Crippen molar-refractivity contribution in [3.8, 4) is 0 Å². The van der Waals surface area contributed by atoms with Gasteiger partial charge in [-0.15, -0.1) is 0 Å². The average Bonchev–Trinajstić information content (AvgIpc) is 2.08. The van der Waals surface area contributed by atoms with Gasteiger partial charge in [-0.2, -0.15) is 0 Å². The Bertz CT molecular complexity index is 210. The van der Waals surface area contributed by atoms with Crippen molar-refractivity contribution >= 4 is 11.8 Å². The topological polar surface area (TPSA) is 43.4 Å². The van der Waals surface area contributed by atoms with Crippen LogP contribution in [-0.2, 0) is 14.3 Å². The van der Waals surface area contributed by atoms with Crippen LogP contribution in [0.1, 0.15) is 27.2 Å². The van der Waals surface area contributed by atoms with E-state index in [9.17, 15) is 9.59 Å². The number of ether oxygens (including phenoxy) is 1. The predicted molar refractivity (Wildman–Crippen MR) is 43.5 cm³/mol. The maximum atomic E-state index is 11.4. The maximum Gasteiger partial charge on any atom is 0.316 e. The minimum absolute atomic E-state index is 0.0121. The van der Waals surface area contributed by atoms with Crippen molar-refractivity contribution in [3.05, 3.63) is 0 Å². The average molecular weight is 170 g/mol. The fourth-order valence-electron chi connectivity index (χ4n) is 1.48. The van der Waals surface area contributed by atoms with Crippen molar-refractivity contribution in [2.24, 2.45) is 11.8 Å². The molecule has 0 aromatic heterocycles. The predicted octanol–water partition coefficient (Wildman–Crippen LogP) is 1.16. The molecular formula is C9H14O3. The molecule has 68 valence electrons. The highest BCUT2D eigenvalue weighted by atomic mass is 16.5. The summed E-state index contributed by atoms with van der Waals surface area (Å²) >= 11 is 0. The summed E-state index contributed by atoms with van der Waals surface area (Å²) in [6.07, 6.45) is 0.506. The van der Waals surface area contributed by atoms with E-state index in [4.69, 9.17) is 4.74 Å². The van der Waals surface area contributed by atoms with E-state index in [0.29, 0.717) is 6.42 Å². The van der Waals surface area contributed by atoms with Gasteiger partial charge < -0.3 is 4.74 Å². The number of esters is 1. The van der Waals surface area contributed by atoms with Gasteiger partial charge in [0.15, 0.2) is 5.78 Å². The highest BCUT2D eigenvalue weighted by Crippen LogP contribution is 2.23. The standard InChI is InChI=1S/C9H14O3/c1-4-7-5(2)8(10)6(3)9(11)12-7/h5-7H,4H2,1-3H3/t5-,6+,7+/m0/s1. The summed E-state index contributed by atoms with van der Waals surface area (Å²) in [6.45, 7) is 5.34. The molecule has 1 aliphatic heterocycles. The van der Waals surface area contributed by atoms with Gasteiger partial charge in [0.1, 0.15) is 12.0 Å². The van der Waals surface area contributed by atoms with Gasteiger partial charge in [0.05, 0.1) is 5.92 Å². The Balaban J connectivity index is 2.77. The lowest BCUT2D eigenvalue weighted by atomic mass is 9.87. The van der Waals surface area contributed by atoms with Gasteiger partial charge in [-0.3, -0.25) is 9.59 Å². The van der Waals surface area contributed by atoms with Gasteiger partial charge in [0.2, 0.25) is 0 Å². The van der Waals surface area contributed by atoms with E-state index < -0.39 is 5.92 Å². The van der Waals surface area contributed by atoms with E-state index in [1.807, 2.05) is 13.8 Å². The minimum Gasteiger partial charge on any atom is -0.461 e. The zero-order chi connectivity index (χ0) is 9.30. The second kappa shape index (κ2) is 3.25. The molecule has 0 N–H and O–H groups in total. The zero-order valence-electron chi connectivity index (χ0n) is 7.66. The highest BCUT2D eigenvalue weighted by molar-refractivity contribution is 6.01. The van der Waals surface area contributed by atoms with E-state index in [1.54, 1.807) is 6.92 Å². The summed E-state index contributed by atoms with van der Waals surface area (Å²) in [5.74, 6) is -1.06. The van der Waals surface area contributed by atoms with E-state index >= 15 is 0 Å². The molecule has 1 aliphatic rings. The quantitative estimate of drug-likeness (QED) is 0.438. The third-order valence-electron chi connectivity index (χ3n) is 2.46. The summed E-state index contributed by atoms with van der Waals surface area (Å²) in [7, 11) is 0. The molecule has 1 heterocycles. The van der Waals surface area contributed by atoms with Crippen LogP contribution >= 0.6 is 0 Å². The number of hydrogen-bond donors (Lipinski definition) is 0. The van der Waals surface area contributed by atoms with E-state index in [1.165, 1.54) is 0 Å². The van der Waals surface area contributed by atoms with Crippen molar-refractivity contribution in [2.75, 3.05) is 0 Å². The van der Waals surface area contributed by atoms with Gasteiger partial charge in [-0.05, 0) is 13.3 Å². The molecule has 1 saturated heterocycles. The molecule has 1 fully saturated rings. The van der Waals surface area contributed by atoms with Crippen LogP contribution in [0.5, 0.6) is 0 Å². The molecule has 0 unspecified atom stereocenters. The molecule has 0 bridgehead atoms. The van der Waals surface area contributed by atoms with Crippen molar-refractivity contribution in [1.82, 2.24) is 0 Å². The van der Waals surface area contributed by atoms with Crippen LogP contribution < -0.4 is 0 Å². The largest absolute Gasteiger partial charge is 0.461 e. The number of Topliss-reactive ketones (excluding diaryl/α,β-unsaturated/α-hetero) is 1. The van der Waals surface area contributed by atoms with Gasteiger partial charge in [0.25, 0.3) is 0 Å². The molecule has 0 aliphatic carbocycles. The third kappa shape index (κ3) is 1.36. The van der Waals surface area contributed by atoms with Crippen molar-refractivity contribution < 1.29 is 14.3 Å². The zero-order valence-corrected chi connectivity index (χ0v) is 7.66. The monoisotopic (exact) mass is 170 g/mol. The fraction of sp³-hybridized carbons (Fsp3) is 0.778. The molecule has 0 aromatic rings. The van der Waals surface area contributed by atoms with Crippen molar-refractivity contribution in [3.63, 3.8) is 0 Å². The number of rotatable bonds is 1. The summed E-state index contributed by atoms with van der Waals surface area (Å²) < 4.78 is 5.07. The Morgan fingerprint density at radius 1 is 1.33 bits per heavy atom. The molecule has 3 heteroatoms. The summed E-state index contributed by atoms with van der Waals surface area (Å²) in [4.78, 5) is 22.5. The Hall–Kier alpha value is -0.860. The first-order chi connectivity index (χ1) is 5.57. The molecule has 0 spiro atoms. The fourth-order valence-corrected chi connectivity index (χ4v) is 1.48. The van der Waals surface area contributed by atoms with Gasteiger partial charge in [-0.1, -0.05) is 13.8 Å². The Kier molecular flexibility index (Phi) is 2.50. The molecule has 0 radical (unpaired) electrons. The number of cyclic esters (lactones) is 1. The Labute approximate surface area is 72.1 Å². The van der Waals surface area contributed by atoms with Crippen molar-refractivity contribution in [2.45, 2.75) is 33.3 Å². The van der Waals surface area contributed by atoms with Crippen LogP contribution in [0, 0.1) is 11.8 Å². The van der Waals surface area contributed by atoms with Crippen LogP contribution in [-0.4, -0.2) is 17.9 Å². The van der Waals surface area contributed by atoms with Crippen LogP contribution in [0.15, 0.2) is 0 Å². The lowest BCUT2D eigenvalue weighted by Gasteiger charge is -2.29. The van der Waals surface area contributed by atoms with E-state index in [2.05, 4.69) is 0 Å². The first-order valence-electron chi connectivity index (χ1n) is 4.32. The Morgan fingerprint density at radius 3 is 2.42 bits per heavy atom. The smallest absolute Gasteiger partial charge is 0.316 e. The Morgan fingerprint density at radius 2 is 1.92 bits per heavy atom. The molecule has 3 atom stereocenters. The maximum absolute atomic E-state index is 11.4. The number of ketones is 1. The molecule has 0 saturated carbocycles. The minimum atomic E-state index is -0.567. The molecule has 1 rings (SSSR count). The lowest BCUT2D eigenvalue weighted by Crippen LogP contribution is -2.43. The lowest BCUT2D eigenvalue weighted by molar-refractivity contribution is -0.169. The number of hydrogen-bond acceptors (Lipinski definition) is 3. The van der Waals surface area contributed by atoms with Crippen LogP contribution in [0.2, 0.25) is 0 Å². The second-order valence-corrected chi connectivity index (χ2v) is 3.30. The van der Waals surface area contributed by atoms with Gasteiger partial charge in [-0.25, -0.2) is 0 Å². The van der Waals surface area contributed by atoms with Crippen LogP contribution in [0.3, 0.4) is 0 Å². The summed E-state index contributed by atoms with van der Waals surface area (Å²) in [6, 6.07) is 0. The normalized spacial score (nSPS) is 36.4. The molecular weight excluding hydrogens is 156 g/mol.